The van der Waals surface area contributed by atoms with E-state index in [-0.39, 0.29) is 29.4 Å². The molecule has 1 heterocycles. The Morgan fingerprint density at radius 3 is 2.59 bits per heavy atom. The zero-order chi connectivity index (χ0) is 18.2. The maximum Gasteiger partial charge on any atom is 0.213 e. The van der Waals surface area contributed by atoms with E-state index in [2.05, 4.69) is 50.9 Å². The van der Waals surface area contributed by atoms with Crippen molar-refractivity contribution in [2.75, 3.05) is 20.2 Å². The Morgan fingerprint density at radius 2 is 1.96 bits per heavy atom. The lowest BCUT2D eigenvalue weighted by Crippen LogP contribution is -2.48. The van der Waals surface area contributed by atoms with Crippen molar-refractivity contribution in [2.24, 2.45) is 4.99 Å². The van der Waals surface area contributed by atoms with Gasteiger partial charge in [0.2, 0.25) is 5.88 Å². The molecule has 1 fully saturated rings. The van der Waals surface area contributed by atoms with Gasteiger partial charge in [-0.25, -0.2) is 4.98 Å². The summed E-state index contributed by atoms with van der Waals surface area (Å²) in [6, 6.07) is 14.8. The third kappa shape index (κ3) is 5.57. The molecule has 1 saturated carbocycles. The van der Waals surface area contributed by atoms with Crippen molar-refractivity contribution in [1.29, 1.82) is 0 Å². The van der Waals surface area contributed by atoms with Crippen LogP contribution in [-0.2, 0) is 12.0 Å². The third-order valence-corrected chi connectivity index (χ3v) is 5.07. The van der Waals surface area contributed by atoms with Crippen molar-refractivity contribution < 1.29 is 4.74 Å². The van der Waals surface area contributed by atoms with Gasteiger partial charge in [0.05, 0.1) is 6.61 Å². The summed E-state index contributed by atoms with van der Waals surface area (Å²) < 4.78 is 5.46. The van der Waals surface area contributed by atoms with E-state index in [0.29, 0.717) is 19.0 Å². The van der Waals surface area contributed by atoms with Crippen molar-refractivity contribution >= 4 is 29.9 Å². The van der Waals surface area contributed by atoms with E-state index < -0.39 is 0 Å². The highest BCUT2D eigenvalue weighted by Gasteiger charge is 2.38. The summed E-state index contributed by atoms with van der Waals surface area (Å²) in [4.78, 5) is 8.57. The number of ether oxygens (including phenoxy) is 1. The number of nitrogens with one attached hydrogen (secondary N) is 2. The van der Waals surface area contributed by atoms with Crippen molar-refractivity contribution in [1.82, 2.24) is 15.6 Å². The number of aromatic nitrogens is 1. The normalized spacial score (nSPS) is 15.3. The Bertz CT molecular complexity index is 732. The first-order valence-corrected chi connectivity index (χ1v) is 9.33. The Morgan fingerprint density at radius 1 is 1.19 bits per heavy atom. The fourth-order valence-corrected chi connectivity index (χ4v) is 3.41. The molecule has 0 radical (unpaired) electrons. The largest absolute Gasteiger partial charge is 0.478 e. The maximum atomic E-state index is 5.46. The number of hydrogen-bond donors (Lipinski definition) is 2. The number of guanidine groups is 1. The number of halogens is 1. The highest BCUT2D eigenvalue weighted by Crippen LogP contribution is 2.43. The Kier molecular flexibility index (Phi) is 8.34. The van der Waals surface area contributed by atoms with E-state index in [9.17, 15) is 0 Å². The van der Waals surface area contributed by atoms with Crippen LogP contribution < -0.4 is 15.4 Å². The van der Waals surface area contributed by atoms with E-state index in [4.69, 9.17) is 4.74 Å². The van der Waals surface area contributed by atoms with Crippen LogP contribution in [0.15, 0.2) is 53.7 Å². The molecule has 0 unspecified atom stereocenters. The highest BCUT2D eigenvalue weighted by atomic mass is 127. The molecule has 5 nitrogen and oxygen atoms in total. The average molecular weight is 480 g/mol. The lowest BCUT2D eigenvalue weighted by Gasteiger charge is -2.43. The van der Waals surface area contributed by atoms with Crippen molar-refractivity contribution in [3.8, 4) is 5.88 Å². The maximum absolute atomic E-state index is 5.46. The van der Waals surface area contributed by atoms with Gasteiger partial charge in [-0.2, -0.15) is 0 Å². The van der Waals surface area contributed by atoms with Gasteiger partial charge in [-0.15, -0.1) is 24.0 Å². The fourth-order valence-electron chi connectivity index (χ4n) is 3.41. The van der Waals surface area contributed by atoms with Crippen molar-refractivity contribution in [2.45, 2.75) is 38.1 Å². The zero-order valence-corrected chi connectivity index (χ0v) is 18.4. The summed E-state index contributed by atoms with van der Waals surface area (Å²) in [5.41, 5.74) is 2.77. The minimum absolute atomic E-state index is 0. The number of hydrogen-bond acceptors (Lipinski definition) is 3. The first kappa shape index (κ1) is 21.5. The number of rotatable bonds is 7. The molecular formula is C21H29IN4O. The van der Waals surface area contributed by atoms with Gasteiger partial charge in [0, 0.05) is 37.8 Å². The number of aliphatic imine (C=N–C) groups is 1. The first-order chi connectivity index (χ1) is 12.8. The minimum Gasteiger partial charge on any atom is -0.478 e. The van der Waals surface area contributed by atoms with Gasteiger partial charge in [-0.3, -0.25) is 4.99 Å². The van der Waals surface area contributed by atoms with Gasteiger partial charge < -0.3 is 15.4 Å². The molecule has 0 aliphatic heterocycles. The molecule has 3 rings (SSSR count). The quantitative estimate of drug-likeness (QED) is 0.359. The second kappa shape index (κ2) is 10.5. The van der Waals surface area contributed by atoms with E-state index >= 15 is 0 Å². The SMILES string of the molecule is CCOc1cc(CNC(=NC)NCC2(c3ccccc3)CCC2)ccn1.I. The number of nitrogens with zero attached hydrogens (tertiary/aromatic N) is 2. The van der Waals surface area contributed by atoms with Gasteiger partial charge in [-0.1, -0.05) is 36.8 Å². The summed E-state index contributed by atoms with van der Waals surface area (Å²) in [6.45, 7) is 4.16. The molecule has 1 aliphatic rings. The molecular weight excluding hydrogens is 451 g/mol. The van der Waals surface area contributed by atoms with E-state index in [1.54, 1.807) is 6.20 Å². The van der Waals surface area contributed by atoms with Crippen LogP contribution in [0, 0.1) is 0 Å². The Hall–Kier alpha value is -1.83. The topological polar surface area (TPSA) is 58.5 Å². The lowest BCUT2D eigenvalue weighted by atomic mass is 9.64. The summed E-state index contributed by atoms with van der Waals surface area (Å²) in [6.07, 6.45) is 5.52. The average Bonchev–Trinajstić information content (AvgIpc) is 2.65. The van der Waals surface area contributed by atoms with Crippen LogP contribution in [0.4, 0.5) is 0 Å². The summed E-state index contributed by atoms with van der Waals surface area (Å²) in [7, 11) is 1.81. The first-order valence-electron chi connectivity index (χ1n) is 9.33. The molecule has 2 N–H and O–H groups in total. The van der Waals surface area contributed by atoms with Crippen LogP contribution in [0.5, 0.6) is 5.88 Å². The van der Waals surface area contributed by atoms with Crippen LogP contribution in [0.25, 0.3) is 0 Å². The van der Waals surface area contributed by atoms with Crippen LogP contribution in [0.2, 0.25) is 0 Å². The third-order valence-electron chi connectivity index (χ3n) is 5.07. The van der Waals surface area contributed by atoms with Gasteiger partial charge in [0.15, 0.2) is 5.96 Å². The van der Waals surface area contributed by atoms with Crippen molar-refractivity contribution in [3.05, 3.63) is 59.8 Å². The van der Waals surface area contributed by atoms with E-state index in [1.807, 2.05) is 26.1 Å². The molecule has 1 aliphatic carbocycles. The summed E-state index contributed by atoms with van der Waals surface area (Å²) in [5, 5.41) is 6.90. The Balaban J connectivity index is 0.00000261. The standard InChI is InChI=1S/C21H28N4O.HI/c1-3-26-19-14-17(10-13-23-19)15-24-20(22-2)25-16-21(11-7-12-21)18-8-5-4-6-9-18;/h4-6,8-10,13-14H,3,7,11-12,15-16H2,1-2H3,(H2,22,24,25);1H. The molecule has 0 spiro atoms. The second-order valence-electron chi connectivity index (χ2n) is 6.71. The molecule has 0 saturated heterocycles. The molecule has 2 aromatic rings. The van der Waals surface area contributed by atoms with E-state index in [0.717, 1.165) is 18.1 Å². The smallest absolute Gasteiger partial charge is 0.213 e. The summed E-state index contributed by atoms with van der Waals surface area (Å²) >= 11 is 0. The van der Waals surface area contributed by atoms with Gasteiger partial charge in [0.1, 0.15) is 0 Å². The van der Waals surface area contributed by atoms with Crippen LogP contribution >= 0.6 is 24.0 Å². The predicted molar refractivity (Wildman–Crippen MR) is 121 cm³/mol. The lowest BCUT2D eigenvalue weighted by molar-refractivity contribution is 0.244. The predicted octanol–water partition coefficient (Wildman–Crippen LogP) is 3.89. The van der Waals surface area contributed by atoms with Crippen LogP contribution in [0.1, 0.15) is 37.3 Å². The fraction of sp³-hybridized carbons (Fsp3) is 0.429. The molecule has 146 valence electrons. The zero-order valence-electron chi connectivity index (χ0n) is 16.1. The molecule has 0 bridgehead atoms. The van der Waals surface area contributed by atoms with E-state index in [1.165, 1.54) is 24.8 Å². The summed E-state index contributed by atoms with van der Waals surface area (Å²) in [5.74, 6) is 1.48. The molecule has 6 heteroatoms. The number of pyridine rings is 1. The second-order valence-corrected chi connectivity index (χ2v) is 6.71. The molecule has 1 aromatic carbocycles. The van der Waals surface area contributed by atoms with Crippen molar-refractivity contribution in [3.63, 3.8) is 0 Å². The molecule has 27 heavy (non-hydrogen) atoms. The molecule has 0 amide bonds. The molecule has 0 atom stereocenters. The highest BCUT2D eigenvalue weighted by molar-refractivity contribution is 14.0. The van der Waals surface area contributed by atoms with Crippen LogP contribution in [0.3, 0.4) is 0 Å². The Labute approximate surface area is 179 Å². The van der Waals surface area contributed by atoms with Gasteiger partial charge in [-0.05, 0) is 37.0 Å². The van der Waals surface area contributed by atoms with Gasteiger partial charge in [0.25, 0.3) is 0 Å². The monoisotopic (exact) mass is 480 g/mol. The molecule has 1 aromatic heterocycles. The van der Waals surface area contributed by atoms with Gasteiger partial charge >= 0.3 is 0 Å². The number of benzene rings is 1. The van der Waals surface area contributed by atoms with Crippen LogP contribution in [-0.4, -0.2) is 31.1 Å². The minimum atomic E-state index is 0.